The molecule has 0 bridgehead atoms. The molecule has 4 aromatic rings. The van der Waals surface area contributed by atoms with E-state index in [1.54, 1.807) is 37.5 Å². The van der Waals surface area contributed by atoms with Crippen molar-refractivity contribution in [2.45, 2.75) is 57.5 Å². The van der Waals surface area contributed by atoms with Crippen molar-refractivity contribution in [1.82, 2.24) is 31.2 Å². The van der Waals surface area contributed by atoms with Gasteiger partial charge >= 0.3 is 11.9 Å². The number of aliphatic carboxylic acids is 1. The fourth-order valence-electron chi connectivity index (χ4n) is 5.73. The molecule has 4 amide bonds. The van der Waals surface area contributed by atoms with Crippen molar-refractivity contribution in [3.05, 3.63) is 127 Å². The van der Waals surface area contributed by atoms with Crippen molar-refractivity contribution in [3.63, 3.8) is 0 Å². The minimum atomic E-state index is -1.21. The monoisotopic (exact) mass is 954 g/mol. The number of carbonyl (C=O) groups excluding carboxylic acids is 5. The summed E-state index contributed by atoms with van der Waals surface area (Å²) in [6.07, 6.45) is 3.98. The Hall–Kier alpha value is -7.46. The first-order valence-electron chi connectivity index (χ1n) is 20.2. The number of nitrogens with one attached hydrogen (secondary N) is 6. The average Bonchev–Trinajstić information content (AvgIpc) is 3.28. The third-order valence-corrected chi connectivity index (χ3v) is 9.50. The first-order chi connectivity index (χ1) is 31.6. The maximum atomic E-state index is 12.4. The van der Waals surface area contributed by atoms with Gasteiger partial charge in [-0.25, -0.2) is 9.97 Å². The van der Waals surface area contributed by atoms with Crippen LogP contribution in [0.5, 0.6) is 0 Å². The quantitative estimate of drug-likeness (QED) is 0.0198. The maximum absolute atomic E-state index is 12.4. The van der Waals surface area contributed by atoms with E-state index in [0.717, 1.165) is 6.07 Å². The molecular weight excluding hydrogens is 907 g/mol. The third-order valence-electron chi connectivity index (χ3n) is 8.86. The van der Waals surface area contributed by atoms with Gasteiger partial charge in [-0.15, -0.1) is 0 Å². The largest absolute Gasteiger partial charge is 0.481 e. The predicted octanol–water partition coefficient (Wildman–Crippen LogP) is 5.05. The molecule has 2 heterocycles. The van der Waals surface area contributed by atoms with Crippen LogP contribution in [0.2, 0.25) is 10.0 Å². The lowest BCUT2D eigenvalue weighted by atomic mass is 10.0. The second-order valence-corrected chi connectivity index (χ2v) is 14.6. The Kier molecular flexibility index (Phi) is 22.7. The molecule has 24 heteroatoms. The zero-order chi connectivity index (χ0) is 48.4. The molecule has 0 saturated carbocycles. The maximum Gasteiger partial charge on any atom is 0.308 e. The lowest BCUT2D eigenvalue weighted by Gasteiger charge is -2.19. The number of nitrogens with zero attached hydrogens (tertiary/aromatic N) is 4. The molecule has 66 heavy (non-hydrogen) atoms. The summed E-state index contributed by atoms with van der Waals surface area (Å²) in [5, 5.41) is 47.4. The second-order valence-electron chi connectivity index (χ2n) is 13.8. The smallest absolute Gasteiger partial charge is 0.308 e. The average molecular weight is 956 g/mol. The number of amides is 4. The van der Waals surface area contributed by atoms with Crippen LogP contribution in [0.1, 0.15) is 68.7 Å². The number of ether oxygens (including phenoxy) is 1. The van der Waals surface area contributed by atoms with Crippen molar-refractivity contribution < 1.29 is 48.5 Å². The summed E-state index contributed by atoms with van der Waals surface area (Å²) >= 11 is 11.6. The number of carboxylic acid groups (broad SMARTS) is 1. The summed E-state index contributed by atoms with van der Waals surface area (Å²) in [5.74, 6) is -2.26. The lowest BCUT2D eigenvalue weighted by molar-refractivity contribution is -0.384. The van der Waals surface area contributed by atoms with Gasteiger partial charge in [-0.2, -0.15) is 0 Å². The molecule has 7 N–H and O–H groups in total. The van der Waals surface area contributed by atoms with Crippen LogP contribution >= 0.6 is 23.2 Å². The summed E-state index contributed by atoms with van der Waals surface area (Å²) in [6, 6.07) is 16.7. The van der Waals surface area contributed by atoms with Gasteiger partial charge < -0.3 is 41.7 Å². The van der Waals surface area contributed by atoms with E-state index in [1.807, 2.05) is 18.2 Å². The minimum absolute atomic E-state index is 0.0697. The van der Waals surface area contributed by atoms with Gasteiger partial charge in [-0.05, 0) is 67.3 Å². The van der Waals surface area contributed by atoms with Gasteiger partial charge in [0.1, 0.15) is 21.7 Å². The number of rotatable bonds is 25. The molecule has 2 unspecified atom stereocenters. The van der Waals surface area contributed by atoms with Crippen molar-refractivity contribution >= 4 is 81.8 Å². The van der Waals surface area contributed by atoms with Crippen LogP contribution in [0.4, 0.5) is 23.0 Å². The summed E-state index contributed by atoms with van der Waals surface area (Å²) < 4.78 is 4.93. The first-order valence-corrected chi connectivity index (χ1v) is 21.0. The van der Waals surface area contributed by atoms with Crippen molar-refractivity contribution in [3.8, 4) is 0 Å². The van der Waals surface area contributed by atoms with E-state index in [9.17, 15) is 49.0 Å². The van der Waals surface area contributed by atoms with Crippen LogP contribution in [0.25, 0.3) is 0 Å². The van der Waals surface area contributed by atoms with E-state index in [2.05, 4.69) is 41.9 Å². The Morgan fingerprint density at radius 3 is 1.48 bits per heavy atom. The minimum Gasteiger partial charge on any atom is -0.481 e. The molecule has 0 saturated heterocycles. The fourth-order valence-corrected chi connectivity index (χ4v) is 6.10. The number of anilines is 2. The molecule has 2 aromatic heterocycles. The number of hydrogen-bond donors (Lipinski definition) is 7. The SMILES string of the molecule is CCOC(=O)CC(NC(=O)CNC(=O)CCCNc1ccccn1)c1ccc(Cl)c([N+](=O)[O-])c1.O=C(O)CC(NC(=O)CNC(=O)CCCNc1ccccn1)c1ccc(Cl)c([N+](=O)[O-])c1. The zero-order valence-corrected chi connectivity index (χ0v) is 37.0. The molecule has 4 rings (SSSR count). The van der Waals surface area contributed by atoms with Crippen LogP contribution in [0, 0.1) is 20.2 Å². The van der Waals surface area contributed by atoms with Crippen molar-refractivity contribution in [2.75, 3.05) is 43.4 Å². The Balaban J connectivity index is 0.000000351. The highest BCUT2D eigenvalue weighted by Crippen LogP contribution is 2.30. The topological polar surface area (TPSA) is 316 Å². The molecule has 2 aromatic carbocycles. The number of halogens is 2. The van der Waals surface area contributed by atoms with Crippen LogP contribution in [0.15, 0.2) is 85.2 Å². The Bertz CT molecular complexity index is 2290. The number of benzene rings is 2. The van der Waals surface area contributed by atoms with Gasteiger partial charge in [-0.3, -0.25) is 49.0 Å². The second kappa shape index (κ2) is 28.4. The molecule has 0 aliphatic carbocycles. The summed E-state index contributed by atoms with van der Waals surface area (Å²) in [7, 11) is 0. The predicted molar refractivity (Wildman–Crippen MR) is 241 cm³/mol. The third kappa shape index (κ3) is 19.9. The highest BCUT2D eigenvalue weighted by molar-refractivity contribution is 6.33. The molecule has 352 valence electrons. The highest BCUT2D eigenvalue weighted by Gasteiger charge is 2.24. The summed E-state index contributed by atoms with van der Waals surface area (Å²) in [6.45, 7) is 2.16. The number of esters is 1. The fraction of sp³-hybridized carbons (Fsp3) is 0.333. The van der Waals surface area contributed by atoms with Gasteiger partial charge in [0.05, 0.1) is 54.5 Å². The van der Waals surface area contributed by atoms with Gasteiger partial charge in [0, 0.05) is 50.5 Å². The van der Waals surface area contributed by atoms with Crippen molar-refractivity contribution in [2.24, 2.45) is 0 Å². The van der Waals surface area contributed by atoms with Crippen LogP contribution in [-0.2, 0) is 33.5 Å². The molecular formula is C42H48Cl2N10O12. The number of nitro groups is 2. The summed E-state index contributed by atoms with van der Waals surface area (Å²) in [5.41, 5.74) is -0.232. The Morgan fingerprint density at radius 1 is 0.667 bits per heavy atom. The molecule has 0 radical (unpaired) electrons. The number of carboxylic acids is 1. The van der Waals surface area contributed by atoms with Crippen LogP contribution in [-0.4, -0.2) is 93.3 Å². The zero-order valence-electron chi connectivity index (χ0n) is 35.5. The molecule has 0 fully saturated rings. The Morgan fingerprint density at radius 2 is 1.11 bits per heavy atom. The normalized spacial score (nSPS) is 11.3. The van der Waals surface area contributed by atoms with E-state index in [4.69, 9.17) is 33.0 Å². The van der Waals surface area contributed by atoms with Gasteiger partial charge in [-0.1, -0.05) is 47.5 Å². The summed E-state index contributed by atoms with van der Waals surface area (Å²) in [4.78, 5) is 101. The first kappa shape index (κ1) is 52.9. The number of nitro benzene ring substituents is 2. The van der Waals surface area contributed by atoms with E-state index in [0.29, 0.717) is 43.1 Å². The standard InChI is InChI=1S/C22H26ClN5O6.C20H22ClN5O6/c1-2-34-22(31)13-17(15-8-9-16(23)18(12-15)28(32)33)27-21(30)14-26-20(29)7-5-11-25-19-6-3-4-10-24-19;21-14-7-6-13(10-16(14)26(31)32)15(11-20(29)30)25-19(28)12-24-18(27)5-3-9-23-17-4-1-2-8-22-17/h3-4,6,8-10,12,17H,2,5,7,11,13-14H2,1H3,(H,24,25)(H,26,29)(H,27,30);1-2,4,6-8,10,15H,3,5,9,11-12H2,(H,22,23)(H,24,27)(H,25,28)(H,29,30). The lowest BCUT2D eigenvalue weighted by Crippen LogP contribution is -2.39. The van der Waals surface area contributed by atoms with Crippen LogP contribution in [0.3, 0.4) is 0 Å². The number of pyridine rings is 2. The van der Waals surface area contributed by atoms with Gasteiger partial charge in [0.2, 0.25) is 23.6 Å². The Labute approximate surface area is 387 Å². The number of carbonyl (C=O) groups is 6. The number of hydrogen-bond acceptors (Lipinski definition) is 15. The van der Waals surface area contributed by atoms with Gasteiger partial charge in [0.25, 0.3) is 11.4 Å². The van der Waals surface area contributed by atoms with Crippen molar-refractivity contribution in [1.29, 1.82) is 0 Å². The molecule has 0 aliphatic rings. The molecule has 0 aliphatic heterocycles. The molecule has 2 atom stereocenters. The van der Waals surface area contributed by atoms with Gasteiger partial charge in [0.15, 0.2) is 0 Å². The molecule has 22 nitrogen and oxygen atoms in total. The van der Waals surface area contributed by atoms with E-state index < -0.39 is 57.8 Å². The molecule has 0 spiro atoms. The van der Waals surface area contributed by atoms with E-state index in [1.165, 1.54) is 30.3 Å². The van der Waals surface area contributed by atoms with E-state index in [-0.39, 0.29) is 72.1 Å². The van der Waals surface area contributed by atoms with E-state index >= 15 is 0 Å². The number of aromatic nitrogens is 2. The highest BCUT2D eigenvalue weighted by atomic mass is 35.5. The van der Waals surface area contributed by atoms with Crippen LogP contribution < -0.4 is 31.9 Å².